The first-order chi connectivity index (χ1) is 5.74. The van der Waals surface area contributed by atoms with Gasteiger partial charge in [0.25, 0.3) is 0 Å². The second kappa shape index (κ2) is 7.26. The SMILES string of the molecule is BCC(=C)NC(CCC)CCC. The van der Waals surface area contributed by atoms with E-state index >= 15 is 0 Å². The van der Waals surface area contributed by atoms with Crippen LogP contribution >= 0.6 is 0 Å². The van der Waals surface area contributed by atoms with Gasteiger partial charge in [-0.15, -0.1) is 0 Å². The summed E-state index contributed by atoms with van der Waals surface area (Å²) in [5.74, 6) is 0. The van der Waals surface area contributed by atoms with E-state index in [2.05, 4.69) is 33.6 Å². The number of rotatable bonds is 7. The van der Waals surface area contributed by atoms with Crippen molar-refractivity contribution < 1.29 is 0 Å². The summed E-state index contributed by atoms with van der Waals surface area (Å²) in [6.45, 7) is 8.44. The number of nitrogens with one attached hydrogen (secondary N) is 1. The van der Waals surface area contributed by atoms with Crippen molar-refractivity contribution in [1.29, 1.82) is 0 Å². The Morgan fingerprint density at radius 2 is 1.83 bits per heavy atom. The van der Waals surface area contributed by atoms with Crippen LogP contribution in [0.3, 0.4) is 0 Å². The molecule has 0 aromatic heterocycles. The second-order valence-electron chi connectivity index (χ2n) is 3.38. The van der Waals surface area contributed by atoms with E-state index in [0.717, 1.165) is 6.32 Å². The van der Waals surface area contributed by atoms with Gasteiger partial charge in [0.1, 0.15) is 7.85 Å². The third-order valence-corrected chi connectivity index (χ3v) is 2.11. The second-order valence-corrected chi connectivity index (χ2v) is 3.38. The van der Waals surface area contributed by atoms with Crippen LogP contribution in [-0.4, -0.2) is 13.9 Å². The van der Waals surface area contributed by atoms with Crippen LogP contribution in [0.5, 0.6) is 0 Å². The van der Waals surface area contributed by atoms with Gasteiger partial charge < -0.3 is 5.32 Å². The molecule has 0 spiro atoms. The summed E-state index contributed by atoms with van der Waals surface area (Å²) in [6.07, 6.45) is 6.10. The zero-order valence-corrected chi connectivity index (χ0v) is 8.82. The van der Waals surface area contributed by atoms with E-state index < -0.39 is 0 Å². The summed E-state index contributed by atoms with van der Waals surface area (Å²) in [6, 6.07) is 0.660. The topological polar surface area (TPSA) is 12.0 Å². The van der Waals surface area contributed by atoms with Gasteiger partial charge in [0.15, 0.2) is 0 Å². The smallest absolute Gasteiger partial charge is 0.108 e. The lowest BCUT2D eigenvalue weighted by molar-refractivity contribution is 0.482. The van der Waals surface area contributed by atoms with Crippen LogP contribution < -0.4 is 5.32 Å². The van der Waals surface area contributed by atoms with Gasteiger partial charge in [-0.05, 0) is 24.9 Å². The molecule has 0 bridgehead atoms. The van der Waals surface area contributed by atoms with Crippen molar-refractivity contribution >= 4 is 7.85 Å². The van der Waals surface area contributed by atoms with Crippen molar-refractivity contribution in [3.63, 3.8) is 0 Å². The molecule has 0 aromatic carbocycles. The molecule has 70 valence electrons. The van der Waals surface area contributed by atoms with Crippen molar-refractivity contribution in [2.24, 2.45) is 0 Å². The molecule has 0 atom stereocenters. The summed E-state index contributed by atoms with van der Waals surface area (Å²) in [4.78, 5) is 0. The van der Waals surface area contributed by atoms with Crippen LogP contribution in [-0.2, 0) is 0 Å². The molecule has 0 aliphatic rings. The molecule has 1 N–H and O–H groups in total. The average molecular weight is 167 g/mol. The maximum Gasteiger partial charge on any atom is 0.108 e. The van der Waals surface area contributed by atoms with Crippen molar-refractivity contribution in [1.82, 2.24) is 5.32 Å². The molecule has 0 saturated heterocycles. The molecule has 0 fully saturated rings. The normalized spacial score (nSPS) is 10.2. The third-order valence-electron chi connectivity index (χ3n) is 2.11. The van der Waals surface area contributed by atoms with Gasteiger partial charge in [0.2, 0.25) is 0 Å². The molecule has 0 heterocycles. The highest BCUT2D eigenvalue weighted by molar-refractivity contribution is 6.10. The van der Waals surface area contributed by atoms with Gasteiger partial charge in [0, 0.05) is 6.04 Å². The Bertz CT molecular complexity index is 117. The predicted molar refractivity (Wildman–Crippen MR) is 59.2 cm³/mol. The highest BCUT2D eigenvalue weighted by Gasteiger charge is 2.04. The summed E-state index contributed by atoms with van der Waals surface area (Å²) in [5.41, 5.74) is 1.18. The van der Waals surface area contributed by atoms with Crippen LogP contribution in [0.2, 0.25) is 6.32 Å². The fourth-order valence-electron chi connectivity index (χ4n) is 1.38. The average Bonchev–Trinajstić information content (AvgIpc) is 2.05. The highest BCUT2D eigenvalue weighted by atomic mass is 14.9. The standard InChI is InChI=1S/C10H22BN/c1-4-6-10(7-5-2)12-9(3)8-11/h10,12H,3-8,11H2,1-2H3. The van der Waals surface area contributed by atoms with Crippen molar-refractivity contribution in [3.05, 3.63) is 12.3 Å². The summed E-state index contributed by atoms with van der Waals surface area (Å²) < 4.78 is 0. The van der Waals surface area contributed by atoms with Gasteiger partial charge in [-0.2, -0.15) is 0 Å². The first-order valence-electron chi connectivity index (χ1n) is 5.18. The molecule has 0 unspecified atom stereocenters. The quantitative estimate of drug-likeness (QED) is 0.572. The van der Waals surface area contributed by atoms with Crippen LogP contribution in [0, 0.1) is 0 Å². The van der Waals surface area contributed by atoms with Gasteiger partial charge >= 0.3 is 0 Å². The van der Waals surface area contributed by atoms with E-state index in [1.54, 1.807) is 0 Å². The zero-order chi connectivity index (χ0) is 9.40. The minimum Gasteiger partial charge on any atom is -0.387 e. The maximum absolute atomic E-state index is 3.97. The van der Waals surface area contributed by atoms with Crippen LogP contribution in [0.4, 0.5) is 0 Å². The molecule has 0 amide bonds. The monoisotopic (exact) mass is 167 g/mol. The van der Waals surface area contributed by atoms with Gasteiger partial charge in [-0.3, -0.25) is 0 Å². The fraction of sp³-hybridized carbons (Fsp3) is 0.800. The Kier molecular flexibility index (Phi) is 7.03. The van der Waals surface area contributed by atoms with Crippen molar-refractivity contribution in [2.45, 2.75) is 51.9 Å². The Balaban J connectivity index is 3.68. The molecule has 12 heavy (non-hydrogen) atoms. The van der Waals surface area contributed by atoms with E-state index in [0.29, 0.717) is 6.04 Å². The summed E-state index contributed by atoms with van der Waals surface area (Å²) in [7, 11) is 2.14. The van der Waals surface area contributed by atoms with Crippen molar-refractivity contribution in [3.8, 4) is 0 Å². The molecular formula is C10H22BN. The summed E-state index contributed by atoms with van der Waals surface area (Å²) >= 11 is 0. The summed E-state index contributed by atoms with van der Waals surface area (Å²) in [5, 5.41) is 3.47. The van der Waals surface area contributed by atoms with Crippen LogP contribution in [0.1, 0.15) is 39.5 Å². The maximum atomic E-state index is 3.97. The molecule has 0 saturated carbocycles. The third kappa shape index (κ3) is 5.28. The number of hydrogen-bond donors (Lipinski definition) is 1. The van der Waals surface area contributed by atoms with Crippen LogP contribution in [0.15, 0.2) is 12.3 Å². The number of allylic oxidation sites excluding steroid dienone is 1. The molecule has 0 aliphatic carbocycles. The predicted octanol–water partition coefficient (Wildman–Crippen LogP) is 2.11. The lowest BCUT2D eigenvalue weighted by Crippen LogP contribution is -2.27. The molecule has 0 rings (SSSR count). The molecule has 0 aliphatic heterocycles. The van der Waals surface area contributed by atoms with E-state index in [4.69, 9.17) is 0 Å². The van der Waals surface area contributed by atoms with Gasteiger partial charge in [-0.1, -0.05) is 33.3 Å². The van der Waals surface area contributed by atoms with Gasteiger partial charge in [0.05, 0.1) is 0 Å². The Labute approximate surface area is 78.0 Å². The lowest BCUT2D eigenvalue weighted by Gasteiger charge is -2.19. The van der Waals surface area contributed by atoms with E-state index in [-0.39, 0.29) is 0 Å². The fourth-order valence-corrected chi connectivity index (χ4v) is 1.38. The Hall–Kier alpha value is -0.395. The van der Waals surface area contributed by atoms with Crippen molar-refractivity contribution in [2.75, 3.05) is 0 Å². The zero-order valence-electron chi connectivity index (χ0n) is 8.82. The Morgan fingerprint density at radius 1 is 1.33 bits per heavy atom. The molecule has 2 heteroatoms. The van der Waals surface area contributed by atoms with E-state index in [1.807, 2.05) is 0 Å². The minimum atomic E-state index is 0.660. The molecular weight excluding hydrogens is 145 g/mol. The first kappa shape index (κ1) is 11.6. The lowest BCUT2D eigenvalue weighted by atomic mass is 10.0. The van der Waals surface area contributed by atoms with Gasteiger partial charge in [-0.25, -0.2) is 0 Å². The minimum absolute atomic E-state index is 0.660. The Morgan fingerprint density at radius 3 is 2.17 bits per heavy atom. The molecule has 0 radical (unpaired) electrons. The highest BCUT2D eigenvalue weighted by Crippen LogP contribution is 2.06. The first-order valence-corrected chi connectivity index (χ1v) is 5.18. The van der Waals surface area contributed by atoms with Crippen LogP contribution in [0.25, 0.3) is 0 Å². The van der Waals surface area contributed by atoms with E-state index in [9.17, 15) is 0 Å². The number of hydrogen-bond acceptors (Lipinski definition) is 1. The molecule has 1 nitrogen and oxygen atoms in total. The van der Waals surface area contributed by atoms with E-state index in [1.165, 1.54) is 31.4 Å². The largest absolute Gasteiger partial charge is 0.387 e. The molecule has 0 aromatic rings.